The molecule has 0 saturated heterocycles. The van der Waals surface area contributed by atoms with Gasteiger partial charge in [0.2, 0.25) is 11.8 Å². The molecule has 0 unspecified atom stereocenters. The molecule has 0 radical (unpaired) electrons. The highest BCUT2D eigenvalue weighted by Gasteiger charge is 2.17. The highest BCUT2D eigenvalue weighted by atomic mass is 16.3. The Morgan fingerprint density at radius 2 is 2.33 bits per heavy atom. The van der Waals surface area contributed by atoms with Gasteiger partial charge in [0.15, 0.2) is 0 Å². The van der Waals surface area contributed by atoms with Crippen molar-refractivity contribution < 1.29 is 14.0 Å². The van der Waals surface area contributed by atoms with Crippen molar-refractivity contribution >= 4 is 17.8 Å². The molecular formula is C9H13N3O3. The van der Waals surface area contributed by atoms with Gasteiger partial charge in [0, 0.05) is 26.1 Å². The summed E-state index contributed by atoms with van der Waals surface area (Å²) in [5.41, 5.74) is 5.28. The molecule has 0 spiro atoms. The summed E-state index contributed by atoms with van der Waals surface area (Å²) in [7, 11) is 0. The standard InChI is InChI=1S/C9H13N3O3/c1-7(13)12(5-4-10)9(14)11-8-3-2-6-15-8/h2-3,6H,4-5,10H2,1H3,(H,11,14). The van der Waals surface area contributed by atoms with E-state index in [1.54, 1.807) is 12.1 Å². The lowest BCUT2D eigenvalue weighted by molar-refractivity contribution is -0.125. The SMILES string of the molecule is CC(=O)N(CCN)C(=O)Nc1ccco1. The van der Waals surface area contributed by atoms with Gasteiger partial charge in [-0.1, -0.05) is 0 Å². The Kier molecular flexibility index (Phi) is 3.87. The van der Waals surface area contributed by atoms with E-state index < -0.39 is 6.03 Å². The number of nitrogens with zero attached hydrogens (tertiary/aromatic N) is 1. The molecule has 82 valence electrons. The minimum Gasteiger partial charge on any atom is -0.449 e. The molecule has 1 aromatic heterocycles. The van der Waals surface area contributed by atoms with Crippen molar-refractivity contribution in [3.8, 4) is 0 Å². The van der Waals surface area contributed by atoms with E-state index in [2.05, 4.69) is 5.32 Å². The Hall–Kier alpha value is -1.82. The van der Waals surface area contributed by atoms with Crippen LogP contribution in [0.3, 0.4) is 0 Å². The second-order valence-corrected chi connectivity index (χ2v) is 2.87. The van der Waals surface area contributed by atoms with E-state index >= 15 is 0 Å². The van der Waals surface area contributed by atoms with Gasteiger partial charge in [0.05, 0.1) is 6.26 Å². The second kappa shape index (κ2) is 5.16. The van der Waals surface area contributed by atoms with Crippen LogP contribution in [-0.2, 0) is 4.79 Å². The molecule has 0 aromatic carbocycles. The average molecular weight is 211 g/mol. The van der Waals surface area contributed by atoms with Gasteiger partial charge in [0.1, 0.15) is 0 Å². The van der Waals surface area contributed by atoms with Crippen molar-refractivity contribution in [2.24, 2.45) is 5.73 Å². The Bertz CT molecular complexity index is 334. The summed E-state index contributed by atoms with van der Waals surface area (Å²) in [5, 5.41) is 2.43. The molecule has 0 saturated carbocycles. The van der Waals surface area contributed by atoms with E-state index in [0.717, 1.165) is 4.90 Å². The number of rotatable bonds is 3. The van der Waals surface area contributed by atoms with Gasteiger partial charge in [-0.3, -0.25) is 15.0 Å². The molecule has 0 aliphatic heterocycles. The predicted molar refractivity (Wildman–Crippen MR) is 54.2 cm³/mol. The van der Waals surface area contributed by atoms with Crippen molar-refractivity contribution in [1.82, 2.24) is 4.90 Å². The lowest BCUT2D eigenvalue weighted by atomic mass is 10.5. The molecule has 1 heterocycles. The minimum atomic E-state index is -0.539. The lowest BCUT2D eigenvalue weighted by Gasteiger charge is -2.17. The van der Waals surface area contributed by atoms with Crippen LogP contribution in [0, 0.1) is 0 Å². The fraction of sp³-hybridized carbons (Fsp3) is 0.333. The summed E-state index contributed by atoms with van der Waals surface area (Å²) < 4.78 is 4.91. The Balaban J connectivity index is 2.60. The van der Waals surface area contributed by atoms with E-state index in [1.807, 2.05) is 0 Å². The number of urea groups is 1. The zero-order valence-corrected chi connectivity index (χ0v) is 8.40. The topological polar surface area (TPSA) is 88.6 Å². The monoisotopic (exact) mass is 211 g/mol. The van der Waals surface area contributed by atoms with E-state index in [1.165, 1.54) is 13.2 Å². The number of hydrogen-bond acceptors (Lipinski definition) is 4. The number of hydrogen-bond donors (Lipinski definition) is 2. The fourth-order valence-electron chi connectivity index (χ4n) is 1.05. The molecule has 6 heteroatoms. The third-order valence-corrected chi connectivity index (χ3v) is 1.73. The first-order valence-corrected chi connectivity index (χ1v) is 4.48. The van der Waals surface area contributed by atoms with Gasteiger partial charge >= 0.3 is 6.03 Å². The van der Waals surface area contributed by atoms with Crippen LogP contribution in [0.2, 0.25) is 0 Å². The molecule has 0 bridgehead atoms. The zero-order valence-electron chi connectivity index (χ0n) is 8.40. The van der Waals surface area contributed by atoms with Crippen LogP contribution in [0.15, 0.2) is 22.8 Å². The van der Waals surface area contributed by atoms with Gasteiger partial charge in [-0.15, -0.1) is 0 Å². The molecule has 3 N–H and O–H groups in total. The minimum absolute atomic E-state index is 0.182. The summed E-state index contributed by atoms with van der Waals surface area (Å²) in [6.07, 6.45) is 1.43. The van der Waals surface area contributed by atoms with Crippen LogP contribution in [0.4, 0.5) is 10.7 Å². The molecule has 0 aliphatic rings. The Morgan fingerprint density at radius 3 is 2.80 bits per heavy atom. The van der Waals surface area contributed by atoms with Gasteiger partial charge in [-0.05, 0) is 6.07 Å². The smallest absolute Gasteiger partial charge is 0.330 e. The summed E-state index contributed by atoms with van der Waals surface area (Å²) in [5.74, 6) is -0.0622. The number of anilines is 1. The lowest BCUT2D eigenvalue weighted by Crippen LogP contribution is -2.41. The number of nitrogens with one attached hydrogen (secondary N) is 1. The third-order valence-electron chi connectivity index (χ3n) is 1.73. The average Bonchev–Trinajstić information content (AvgIpc) is 2.65. The molecule has 15 heavy (non-hydrogen) atoms. The van der Waals surface area contributed by atoms with E-state index in [0.29, 0.717) is 5.88 Å². The maximum atomic E-state index is 11.5. The second-order valence-electron chi connectivity index (χ2n) is 2.87. The zero-order chi connectivity index (χ0) is 11.3. The first-order valence-electron chi connectivity index (χ1n) is 4.48. The highest BCUT2D eigenvalue weighted by Crippen LogP contribution is 2.07. The molecular weight excluding hydrogens is 198 g/mol. The quantitative estimate of drug-likeness (QED) is 0.767. The predicted octanol–water partition coefficient (Wildman–Crippen LogP) is 0.619. The van der Waals surface area contributed by atoms with Crippen molar-refractivity contribution in [2.75, 3.05) is 18.4 Å². The molecule has 1 aromatic rings. The van der Waals surface area contributed by atoms with Crippen molar-refractivity contribution in [3.05, 3.63) is 18.4 Å². The maximum absolute atomic E-state index is 11.5. The van der Waals surface area contributed by atoms with Gasteiger partial charge in [0.25, 0.3) is 0 Å². The number of nitrogens with two attached hydrogens (primary N) is 1. The molecule has 1 rings (SSSR count). The third kappa shape index (κ3) is 3.10. The summed E-state index contributed by atoms with van der Waals surface area (Å²) in [4.78, 5) is 23.6. The van der Waals surface area contributed by atoms with Crippen LogP contribution < -0.4 is 11.1 Å². The summed E-state index contributed by atoms with van der Waals surface area (Å²) >= 11 is 0. The Morgan fingerprint density at radius 1 is 1.60 bits per heavy atom. The molecule has 6 nitrogen and oxygen atoms in total. The van der Waals surface area contributed by atoms with Crippen molar-refractivity contribution in [1.29, 1.82) is 0 Å². The highest BCUT2D eigenvalue weighted by molar-refractivity contribution is 5.99. The van der Waals surface area contributed by atoms with E-state index in [4.69, 9.17) is 10.2 Å². The Labute approximate surface area is 87.0 Å². The number of carbonyl (C=O) groups is 2. The summed E-state index contributed by atoms with van der Waals surface area (Å²) in [6.45, 7) is 1.71. The number of amides is 3. The fourth-order valence-corrected chi connectivity index (χ4v) is 1.05. The maximum Gasteiger partial charge on any atom is 0.330 e. The first-order chi connectivity index (χ1) is 7.15. The van der Waals surface area contributed by atoms with Gasteiger partial charge < -0.3 is 10.2 Å². The van der Waals surface area contributed by atoms with E-state index in [-0.39, 0.29) is 19.0 Å². The van der Waals surface area contributed by atoms with Crippen LogP contribution in [0.1, 0.15) is 6.92 Å². The van der Waals surface area contributed by atoms with Crippen LogP contribution in [0.25, 0.3) is 0 Å². The van der Waals surface area contributed by atoms with E-state index in [9.17, 15) is 9.59 Å². The summed E-state index contributed by atoms with van der Waals surface area (Å²) in [6, 6.07) is 2.68. The van der Waals surface area contributed by atoms with Crippen molar-refractivity contribution in [3.63, 3.8) is 0 Å². The van der Waals surface area contributed by atoms with Crippen molar-refractivity contribution in [2.45, 2.75) is 6.92 Å². The van der Waals surface area contributed by atoms with Crippen LogP contribution in [0.5, 0.6) is 0 Å². The molecule has 0 fully saturated rings. The largest absolute Gasteiger partial charge is 0.449 e. The number of imide groups is 1. The van der Waals surface area contributed by atoms with Crippen LogP contribution >= 0.6 is 0 Å². The molecule has 3 amide bonds. The molecule has 0 aliphatic carbocycles. The van der Waals surface area contributed by atoms with Gasteiger partial charge in [-0.25, -0.2) is 4.79 Å². The van der Waals surface area contributed by atoms with Crippen LogP contribution in [-0.4, -0.2) is 29.9 Å². The normalized spacial score (nSPS) is 9.73. The first kappa shape index (κ1) is 11.3. The molecule has 0 atom stereocenters. The number of furan rings is 1. The number of carbonyl (C=O) groups excluding carboxylic acids is 2. The van der Waals surface area contributed by atoms with Gasteiger partial charge in [-0.2, -0.15) is 0 Å².